The van der Waals surface area contributed by atoms with Gasteiger partial charge < -0.3 is 0 Å². The van der Waals surface area contributed by atoms with Gasteiger partial charge in [0.25, 0.3) is 0 Å². The Morgan fingerprint density at radius 3 is 3.05 bits per heavy atom. The molecule has 1 atom stereocenters. The fraction of sp³-hybridized carbons (Fsp3) is 0.500. The highest BCUT2D eigenvalue weighted by Crippen LogP contribution is 2.23. The molecular weight excluding hydrogens is 262 g/mol. The number of fused-ring (bicyclic) bond motifs is 2. The van der Waals surface area contributed by atoms with Crippen molar-refractivity contribution in [2.24, 2.45) is 0 Å². The van der Waals surface area contributed by atoms with E-state index in [9.17, 15) is 0 Å². The minimum absolute atomic E-state index is 0.515. The van der Waals surface area contributed by atoms with Gasteiger partial charge in [-0.3, -0.25) is 14.9 Å². The van der Waals surface area contributed by atoms with Crippen LogP contribution in [0.4, 0.5) is 0 Å². The lowest BCUT2D eigenvalue weighted by Crippen LogP contribution is -2.47. The maximum Gasteiger partial charge on any atom is 0.200 e. The van der Waals surface area contributed by atoms with Crippen LogP contribution in [0.1, 0.15) is 29.4 Å². The summed E-state index contributed by atoms with van der Waals surface area (Å²) < 4.78 is 2.44. The highest BCUT2D eigenvalue weighted by Gasteiger charge is 2.30. The summed E-state index contributed by atoms with van der Waals surface area (Å²) in [6, 6.07) is 4.95. The van der Waals surface area contributed by atoms with E-state index in [1.165, 1.54) is 22.5 Å². The van der Waals surface area contributed by atoms with Crippen LogP contribution in [0.3, 0.4) is 0 Å². The Balaban J connectivity index is 1.50. The molecule has 0 aliphatic carbocycles. The second kappa shape index (κ2) is 4.93. The van der Waals surface area contributed by atoms with Gasteiger partial charge in [0.15, 0.2) is 18.4 Å². The van der Waals surface area contributed by atoms with Crippen molar-refractivity contribution in [1.82, 2.24) is 20.0 Å². The number of H-pyrrole nitrogens is 1. The van der Waals surface area contributed by atoms with E-state index < -0.39 is 0 Å². The average molecular weight is 284 g/mol. The molecular formula is C16H22N5+. The molecule has 1 unspecified atom stereocenters. The van der Waals surface area contributed by atoms with E-state index in [1.807, 2.05) is 6.20 Å². The molecule has 0 fully saturated rings. The number of nitrogens with zero attached hydrogens (tertiary/aromatic N) is 4. The molecule has 0 aromatic carbocycles. The van der Waals surface area contributed by atoms with E-state index in [1.54, 1.807) is 0 Å². The summed E-state index contributed by atoms with van der Waals surface area (Å²) in [5.41, 5.74) is 5.51. The zero-order valence-corrected chi connectivity index (χ0v) is 12.7. The van der Waals surface area contributed by atoms with Gasteiger partial charge in [-0.2, -0.15) is 9.67 Å². The highest BCUT2D eigenvalue weighted by molar-refractivity contribution is 5.21. The van der Waals surface area contributed by atoms with Gasteiger partial charge in [-0.1, -0.05) is 0 Å². The average Bonchev–Trinajstić information content (AvgIpc) is 3.10. The monoisotopic (exact) mass is 284 g/mol. The molecule has 0 amide bonds. The molecule has 0 saturated heterocycles. The predicted octanol–water partition coefficient (Wildman–Crippen LogP) is 1.05. The number of aromatic amines is 1. The van der Waals surface area contributed by atoms with Crippen LogP contribution in [0.2, 0.25) is 0 Å². The second-order valence-electron chi connectivity index (χ2n) is 6.42. The third kappa shape index (κ3) is 2.26. The van der Waals surface area contributed by atoms with Crippen molar-refractivity contribution in [3.63, 3.8) is 0 Å². The van der Waals surface area contributed by atoms with Crippen molar-refractivity contribution in [3.05, 3.63) is 47.0 Å². The number of hydrogen-bond acceptors (Lipinski definition) is 3. The van der Waals surface area contributed by atoms with E-state index in [0.717, 1.165) is 32.7 Å². The maximum atomic E-state index is 4.32. The molecule has 1 N–H and O–H groups in total. The molecule has 4 heterocycles. The van der Waals surface area contributed by atoms with Crippen LogP contribution in [0.5, 0.6) is 0 Å². The van der Waals surface area contributed by atoms with Gasteiger partial charge in [0.1, 0.15) is 0 Å². The fourth-order valence-electron chi connectivity index (χ4n) is 3.54. The second-order valence-corrected chi connectivity index (χ2v) is 6.42. The molecule has 110 valence electrons. The number of nitrogens with one attached hydrogen (secondary N) is 1. The Morgan fingerprint density at radius 1 is 1.29 bits per heavy atom. The predicted molar refractivity (Wildman–Crippen MR) is 79.1 cm³/mol. The first-order chi connectivity index (χ1) is 10.2. The molecule has 2 aromatic heterocycles. The van der Waals surface area contributed by atoms with E-state index in [4.69, 9.17) is 0 Å². The van der Waals surface area contributed by atoms with Crippen molar-refractivity contribution in [2.45, 2.75) is 45.7 Å². The molecule has 0 radical (unpaired) electrons. The van der Waals surface area contributed by atoms with Gasteiger partial charge >= 0.3 is 0 Å². The summed E-state index contributed by atoms with van der Waals surface area (Å²) in [7, 11) is 2.19. The number of aromatic nitrogens is 3. The summed E-state index contributed by atoms with van der Waals surface area (Å²) in [5, 5.41) is 7.28. The van der Waals surface area contributed by atoms with Gasteiger partial charge in [-0.05, 0) is 20.0 Å². The van der Waals surface area contributed by atoms with Crippen molar-refractivity contribution < 1.29 is 4.57 Å². The zero-order chi connectivity index (χ0) is 14.4. The van der Waals surface area contributed by atoms with Crippen molar-refractivity contribution in [3.8, 4) is 0 Å². The minimum atomic E-state index is 0.515. The van der Waals surface area contributed by atoms with Crippen molar-refractivity contribution in [2.75, 3.05) is 7.05 Å². The zero-order valence-electron chi connectivity index (χ0n) is 12.7. The Morgan fingerprint density at radius 2 is 2.19 bits per heavy atom. The van der Waals surface area contributed by atoms with Gasteiger partial charge in [0, 0.05) is 43.0 Å². The lowest BCUT2D eigenvalue weighted by molar-refractivity contribution is -0.708. The molecule has 2 aromatic rings. The Kier molecular flexibility index (Phi) is 3.05. The molecule has 5 heteroatoms. The largest absolute Gasteiger partial charge is 0.292 e. The van der Waals surface area contributed by atoms with Gasteiger partial charge in [0.2, 0.25) is 0 Å². The summed E-state index contributed by atoms with van der Waals surface area (Å²) in [6.07, 6.45) is 4.26. The first-order valence-corrected chi connectivity index (χ1v) is 7.65. The Hall–Kier alpha value is -1.72. The summed E-state index contributed by atoms with van der Waals surface area (Å²) in [4.78, 5) is 4.88. The van der Waals surface area contributed by atoms with Crippen LogP contribution >= 0.6 is 0 Å². The van der Waals surface area contributed by atoms with E-state index in [-0.39, 0.29) is 0 Å². The molecule has 21 heavy (non-hydrogen) atoms. The molecule has 0 saturated carbocycles. The first kappa shape index (κ1) is 13.0. The highest BCUT2D eigenvalue weighted by atomic mass is 15.2. The first-order valence-electron chi connectivity index (χ1n) is 7.65. The number of rotatable bonds is 3. The summed E-state index contributed by atoms with van der Waals surface area (Å²) in [6.45, 7) is 7.48. The molecule has 2 aliphatic heterocycles. The van der Waals surface area contributed by atoms with E-state index >= 15 is 0 Å². The van der Waals surface area contributed by atoms with Crippen LogP contribution in [0.15, 0.2) is 24.5 Å². The van der Waals surface area contributed by atoms with Crippen LogP contribution in [0, 0.1) is 0 Å². The van der Waals surface area contributed by atoms with Gasteiger partial charge in [-0.25, -0.2) is 0 Å². The normalized spacial score (nSPS) is 19.7. The van der Waals surface area contributed by atoms with Crippen LogP contribution in [-0.2, 0) is 32.7 Å². The quantitative estimate of drug-likeness (QED) is 0.856. The number of hydrogen-bond donors (Lipinski definition) is 1. The van der Waals surface area contributed by atoms with E-state index in [2.05, 4.69) is 56.9 Å². The topological polar surface area (TPSA) is 39.0 Å². The third-order valence-corrected chi connectivity index (χ3v) is 4.76. The van der Waals surface area contributed by atoms with E-state index in [0.29, 0.717) is 6.04 Å². The fourth-order valence-corrected chi connectivity index (χ4v) is 3.54. The lowest BCUT2D eigenvalue weighted by Gasteiger charge is -2.21. The molecule has 2 aliphatic rings. The molecule has 4 rings (SSSR count). The smallest absolute Gasteiger partial charge is 0.200 e. The molecule has 5 nitrogen and oxygen atoms in total. The van der Waals surface area contributed by atoms with Crippen molar-refractivity contribution in [1.29, 1.82) is 0 Å². The summed E-state index contributed by atoms with van der Waals surface area (Å²) >= 11 is 0. The standard InChI is InChI=1S/C16H22N5/c1-12(21-9-14-6-17-18-15(14)10-21)7-20-5-3-4-13-8-19(2)11-16(13)20/h3-6,12H,7-11H2,1-2H3,(H,17,18)/q+1. The summed E-state index contributed by atoms with van der Waals surface area (Å²) in [5.74, 6) is 0. The molecule has 0 spiro atoms. The molecule has 0 bridgehead atoms. The lowest BCUT2D eigenvalue weighted by atomic mass is 10.2. The maximum absolute atomic E-state index is 4.32. The van der Waals surface area contributed by atoms with Crippen LogP contribution in [0.25, 0.3) is 0 Å². The van der Waals surface area contributed by atoms with Gasteiger partial charge in [0.05, 0.1) is 18.3 Å². The Bertz CT molecular complexity index is 642. The third-order valence-electron chi connectivity index (χ3n) is 4.76. The minimum Gasteiger partial charge on any atom is -0.292 e. The number of pyridine rings is 1. The SMILES string of the molecule is CC(C[n+]1cccc2c1CN(C)C2)N1Cc2c[nH]nc2C1. The van der Waals surface area contributed by atoms with Crippen LogP contribution < -0.4 is 4.57 Å². The van der Waals surface area contributed by atoms with Gasteiger partial charge in [-0.15, -0.1) is 0 Å². The Labute approximate surface area is 125 Å². The van der Waals surface area contributed by atoms with Crippen LogP contribution in [-0.4, -0.2) is 33.1 Å². The van der Waals surface area contributed by atoms with Crippen molar-refractivity contribution >= 4 is 0 Å².